The van der Waals surface area contributed by atoms with E-state index >= 15 is 0 Å². The van der Waals surface area contributed by atoms with Crippen LogP contribution >= 0.6 is 0 Å². The van der Waals surface area contributed by atoms with Crippen LogP contribution in [0.15, 0.2) is 41.0 Å². The number of amides is 1. The lowest BCUT2D eigenvalue weighted by Crippen LogP contribution is -2.23. The summed E-state index contributed by atoms with van der Waals surface area (Å²) in [4.78, 5) is 15.5. The highest BCUT2D eigenvalue weighted by Crippen LogP contribution is 2.01. The minimum absolute atomic E-state index is 0.222. The number of oxazole rings is 1. The van der Waals surface area contributed by atoms with E-state index in [-0.39, 0.29) is 5.91 Å². The first-order chi connectivity index (χ1) is 7.75. The van der Waals surface area contributed by atoms with Crippen molar-refractivity contribution in [3.63, 3.8) is 0 Å². The molecule has 2 aromatic rings. The second-order valence-electron chi connectivity index (χ2n) is 3.42. The summed E-state index contributed by atoms with van der Waals surface area (Å²) in [5.41, 5.74) is 1.37. The number of hydrogen-bond acceptors (Lipinski definition) is 3. The fourth-order valence-electron chi connectivity index (χ4n) is 1.34. The third-order valence-electron chi connectivity index (χ3n) is 2.15. The lowest BCUT2D eigenvalue weighted by Gasteiger charge is -2.02. The Hall–Kier alpha value is -2.10. The minimum Gasteiger partial charge on any atom is -0.448 e. The second-order valence-corrected chi connectivity index (χ2v) is 3.42. The predicted octanol–water partition coefficient (Wildman–Crippen LogP) is 1.91. The van der Waals surface area contributed by atoms with Gasteiger partial charge in [-0.2, -0.15) is 0 Å². The van der Waals surface area contributed by atoms with Crippen LogP contribution < -0.4 is 5.32 Å². The Balaban J connectivity index is 1.94. The number of hydrogen-bond donors (Lipinski definition) is 1. The zero-order valence-electron chi connectivity index (χ0n) is 8.93. The highest BCUT2D eigenvalue weighted by atomic mass is 16.3. The summed E-state index contributed by atoms with van der Waals surface area (Å²) in [6.07, 6.45) is 1.36. The molecule has 4 heteroatoms. The molecule has 1 aromatic carbocycles. The molecule has 0 fully saturated rings. The topological polar surface area (TPSA) is 55.1 Å². The van der Waals surface area contributed by atoms with E-state index in [1.165, 1.54) is 6.26 Å². The molecule has 0 bridgehead atoms. The third-order valence-corrected chi connectivity index (χ3v) is 2.15. The zero-order chi connectivity index (χ0) is 11.4. The van der Waals surface area contributed by atoms with Crippen LogP contribution in [0.1, 0.15) is 21.9 Å². The molecule has 1 amide bonds. The van der Waals surface area contributed by atoms with Gasteiger partial charge in [-0.25, -0.2) is 4.98 Å². The van der Waals surface area contributed by atoms with Crippen LogP contribution in [0, 0.1) is 6.92 Å². The predicted molar refractivity (Wildman–Crippen MR) is 58.9 cm³/mol. The van der Waals surface area contributed by atoms with Gasteiger partial charge in [-0.1, -0.05) is 30.3 Å². The summed E-state index contributed by atoms with van der Waals surface area (Å²) >= 11 is 0. The molecule has 0 unspecified atom stereocenters. The highest BCUT2D eigenvalue weighted by Gasteiger charge is 2.09. The van der Waals surface area contributed by atoms with Gasteiger partial charge in [-0.3, -0.25) is 4.79 Å². The van der Waals surface area contributed by atoms with Crippen molar-refractivity contribution < 1.29 is 9.21 Å². The highest BCUT2D eigenvalue weighted by molar-refractivity contribution is 5.91. The maximum atomic E-state index is 11.6. The quantitative estimate of drug-likeness (QED) is 0.852. The van der Waals surface area contributed by atoms with Crippen LogP contribution in [0.25, 0.3) is 0 Å². The number of aromatic nitrogens is 1. The van der Waals surface area contributed by atoms with E-state index in [2.05, 4.69) is 10.3 Å². The Kier molecular flexibility index (Phi) is 3.00. The molecule has 4 nitrogen and oxygen atoms in total. The Labute approximate surface area is 93.3 Å². The number of aryl methyl sites for hydroxylation is 1. The van der Waals surface area contributed by atoms with Gasteiger partial charge < -0.3 is 9.73 Å². The van der Waals surface area contributed by atoms with Crippen molar-refractivity contribution in [1.29, 1.82) is 0 Å². The van der Waals surface area contributed by atoms with Crippen molar-refractivity contribution in [2.75, 3.05) is 0 Å². The van der Waals surface area contributed by atoms with Crippen LogP contribution in [-0.4, -0.2) is 10.9 Å². The first kappa shape index (κ1) is 10.4. The standard InChI is InChI=1S/C12H12N2O2/c1-9-14-11(8-16-9)12(15)13-7-10-5-3-2-4-6-10/h2-6,8H,7H2,1H3,(H,13,15). The zero-order valence-corrected chi connectivity index (χ0v) is 8.93. The molecule has 1 heterocycles. The Bertz CT molecular complexity index is 477. The smallest absolute Gasteiger partial charge is 0.273 e. The fraction of sp³-hybridized carbons (Fsp3) is 0.167. The number of nitrogens with one attached hydrogen (secondary N) is 1. The van der Waals surface area contributed by atoms with Crippen molar-refractivity contribution in [3.8, 4) is 0 Å². The molecule has 1 aromatic heterocycles. The van der Waals surface area contributed by atoms with Gasteiger partial charge in [0.25, 0.3) is 5.91 Å². The summed E-state index contributed by atoms with van der Waals surface area (Å²) in [7, 11) is 0. The van der Waals surface area contributed by atoms with Crippen LogP contribution in [0.5, 0.6) is 0 Å². The molecule has 82 valence electrons. The maximum Gasteiger partial charge on any atom is 0.273 e. The van der Waals surface area contributed by atoms with Crippen molar-refractivity contribution >= 4 is 5.91 Å². The fourth-order valence-corrected chi connectivity index (χ4v) is 1.34. The van der Waals surface area contributed by atoms with E-state index in [4.69, 9.17) is 4.42 Å². The second kappa shape index (κ2) is 4.61. The van der Waals surface area contributed by atoms with E-state index in [1.807, 2.05) is 30.3 Å². The van der Waals surface area contributed by atoms with Crippen molar-refractivity contribution in [2.24, 2.45) is 0 Å². The molecule has 0 radical (unpaired) electrons. The summed E-state index contributed by atoms with van der Waals surface area (Å²) in [6, 6.07) is 9.71. The molecular formula is C12H12N2O2. The van der Waals surface area contributed by atoms with E-state index in [0.29, 0.717) is 18.1 Å². The first-order valence-corrected chi connectivity index (χ1v) is 5.00. The molecule has 0 aliphatic heterocycles. The van der Waals surface area contributed by atoms with Gasteiger partial charge in [0.2, 0.25) is 0 Å². The molecule has 16 heavy (non-hydrogen) atoms. The van der Waals surface area contributed by atoms with E-state index in [0.717, 1.165) is 5.56 Å². The molecule has 0 spiro atoms. The number of carbonyl (C=O) groups is 1. The first-order valence-electron chi connectivity index (χ1n) is 5.00. The van der Waals surface area contributed by atoms with Gasteiger partial charge in [-0.05, 0) is 5.56 Å². The van der Waals surface area contributed by atoms with Crippen molar-refractivity contribution in [1.82, 2.24) is 10.3 Å². The van der Waals surface area contributed by atoms with Crippen molar-refractivity contribution in [2.45, 2.75) is 13.5 Å². The summed E-state index contributed by atoms with van der Waals surface area (Å²) in [6.45, 7) is 2.19. The lowest BCUT2D eigenvalue weighted by atomic mass is 10.2. The van der Waals surface area contributed by atoms with Gasteiger partial charge in [0.15, 0.2) is 11.6 Å². The Morgan fingerprint density at radius 2 is 2.12 bits per heavy atom. The molecular weight excluding hydrogens is 204 g/mol. The summed E-state index contributed by atoms with van der Waals surface area (Å²) in [5.74, 6) is 0.269. The third kappa shape index (κ3) is 2.48. The Morgan fingerprint density at radius 3 is 2.75 bits per heavy atom. The van der Waals surface area contributed by atoms with E-state index in [9.17, 15) is 4.79 Å². The number of nitrogens with zero attached hydrogens (tertiary/aromatic N) is 1. The largest absolute Gasteiger partial charge is 0.448 e. The van der Waals surface area contributed by atoms with E-state index < -0.39 is 0 Å². The van der Waals surface area contributed by atoms with Gasteiger partial charge in [-0.15, -0.1) is 0 Å². The molecule has 0 saturated heterocycles. The van der Waals surface area contributed by atoms with Crippen LogP contribution in [-0.2, 0) is 6.54 Å². The van der Waals surface area contributed by atoms with Gasteiger partial charge >= 0.3 is 0 Å². The van der Waals surface area contributed by atoms with Gasteiger partial charge in [0.05, 0.1) is 0 Å². The average molecular weight is 216 g/mol. The molecule has 0 atom stereocenters. The normalized spacial score (nSPS) is 10.1. The number of benzene rings is 1. The van der Waals surface area contributed by atoms with Crippen molar-refractivity contribution in [3.05, 3.63) is 53.7 Å². The molecule has 2 rings (SSSR count). The molecule has 0 aliphatic rings. The van der Waals surface area contributed by atoms with Crippen LogP contribution in [0.3, 0.4) is 0 Å². The van der Waals surface area contributed by atoms with Gasteiger partial charge in [0, 0.05) is 13.5 Å². The number of rotatable bonds is 3. The Morgan fingerprint density at radius 1 is 1.38 bits per heavy atom. The van der Waals surface area contributed by atoms with Gasteiger partial charge in [0.1, 0.15) is 6.26 Å². The SMILES string of the molecule is Cc1nc(C(=O)NCc2ccccc2)co1. The lowest BCUT2D eigenvalue weighted by molar-refractivity contribution is 0.0946. The maximum absolute atomic E-state index is 11.6. The van der Waals surface area contributed by atoms with Crippen LogP contribution in [0.2, 0.25) is 0 Å². The number of carbonyl (C=O) groups excluding carboxylic acids is 1. The van der Waals surface area contributed by atoms with Crippen LogP contribution in [0.4, 0.5) is 0 Å². The summed E-state index contributed by atoms with van der Waals surface area (Å²) < 4.78 is 4.97. The average Bonchev–Trinajstić information content (AvgIpc) is 2.74. The monoisotopic (exact) mass is 216 g/mol. The molecule has 0 saturated carbocycles. The molecule has 0 aliphatic carbocycles. The minimum atomic E-state index is -0.222. The summed E-state index contributed by atoms with van der Waals surface area (Å²) in [5, 5.41) is 2.77. The molecule has 1 N–H and O–H groups in total. The van der Waals surface area contributed by atoms with E-state index in [1.54, 1.807) is 6.92 Å².